The molecule has 0 N–H and O–H groups in total. The zero-order valence-corrected chi connectivity index (χ0v) is 18.2. The molecular formula is C21H28N2O5S. The Balaban J connectivity index is 1.69. The molecule has 29 heavy (non-hydrogen) atoms. The summed E-state index contributed by atoms with van der Waals surface area (Å²) >= 11 is 0. The quantitative estimate of drug-likeness (QED) is 0.686. The highest BCUT2D eigenvalue weighted by Crippen LogP contribution is 2.35. The summed E-state index contributed by atoms with van der Waals surface area (Å²) in [5.41, 5.74) is 2.01. The summed E-state index contributed by atoms with van der Waals surface area (Å²) in [7, 11) is 1.35. The van der Waals surface area contributed by atoms with Gasteiger partial charge in [0.1, 0.15) is 5.75 Å². The van der Waals surface area contributed by atoms with Crippen LogP contribution in [0.3, 0.4) is 0 Å². The summed E-state index contributed by atoms with van der Waals surface area (Å²) in [5, 5.41) is 0. The van der Waals surface area contributed by atoms with Gasteiger partial charge in [-0.15, -0.1) is 0 Å². The zero-order valence-electron chi connectivity index (χ0n) is 17.3. The zero-order chi connectivity index (χ0) is 21.0. The number of benzene rings is 2. The Hall–Kier alpha value is -2.29. The van der Waals surface area contributed by atoms with E-state index in [0.717, 1.165) is 16.9 Å². The van der Waals surface area contributed by atoms with Crippen LogP contribution in [-0.4, -0.2) is 65.1 Å². The molecule has 158 valence electrons. The van der Waals surface area contributed by atoms with Gasteiger partial charge >= 0.3 is 0 Å². The third-order valence-corrected chi connectivity index (χ3v) is 7.08. The number of ether oxygens (including phenoxy) is 3. The van der Waals surface area contributed by atoms with E-state index in [-0.39, 0.29) is 0 Å². The Morgan fingerprint density at radius 2 is 1.38 bits per heavy atom. The second-order valence-electron chi connectivity index (χ2n) is 7.01. The van der Waals surface area contributed by atoms with Crippen molar-refractivity contribution < 1.29 is 22.6 Å². The van der Waals surface area contributed by atoms with Crippen molar-refractivity contribution >= 4 is 10.0 Å². The van der Waals surface area contributed by atoms with Crippen LogP contribution >= 0.6 is 0 Å². The van der Waals surface area contributed by atoms with Crippen LogP contribution in [0, 0.1) is 6.92 Å². The van der Waals surface area contributed by atoms with Crippen molar-refractivity contribution in [2.75, 3.05) is 47.5 Å². The van der Waals surface area contributed by atoms with E-state index in [0.29, 0.717) is 49.1 Å². The van der Waals surface area contributed by atoms with Gasteiger partial charge in [0.15, 0.2) is 11.5 Å². The normalized spacial score (nSPS) is 15.9. The van der Waals surface area contributed by atoms with Gasteiger partial charge in [-0.25, -0.2) is 8.42 Å². The number of aryl methyl sites for hydroxylation is 1. The topological polar surface area (TPSA) is 68.3 Å². The first kappa shape index (κ1) is 21.4. The molecule has 0 radical (unpaired) electrons. The first-order chi connectivity index (χ1) is 13.9. The second-order valence-corrected chi connectivity index (χ2v) is 8.95. The van der Waals surface area contributed by atoms with E-state index in [1.807, 2.05) is 31.2 Å². The van der Waals surface area contributed by atoms with Crippen LogP contribution in [0.5, 0.6) is 17.2 Å². The molecule has 1 aliphatic heterocycles. The van der Waals surface area contributed by atoms with E-state index >= 15 is 0 Å². The maximum atomic E-state index is 12.9. The van der Waals surface area contributed by atoms with Crippen LogP contribution in [0.4, 0.5) is 0 Å². The fourth-order valence-corrected chi connectivity index (χ4v) is 4.87. The van der Waals surface area contributed by atoms with Gasteiger partial charge in [0.05, 0.1) is 26.2 Å². The molecule has 0 aliphatic carbocycles. The summed E-state index contributed by atoms with van der Waals surface area (Å²) in [4.78, 5) is 2.56. The van der Waals surface area contributed by atoms with Crippen LogP contribution in [0.25, 0.3) is 0 Å². The standard InChI is InChI=1S/C21H28N2O5S/c1-16-5-7-18(8-6-16)29(24,25)23-11-9-22(10-12-23)15-17-13-20(27-3)21(28-4)14-19(17)26-2/h5-8,13-14H,9-12,15H2,1-4H3. The lowest BCUT2D eigenvalue weighted by Gasteiger charge is -2.34. The van der Waals surface area contributed by atoms with E-state index in [2.05, 4.69) is 4.90 Å². The summed E-state index contributed by atoms with van der Waals surface area (Å²) in [5.74, 6) is 1.98. The molecule has 7 nitrogen and oxygen atoms in total. The van der Waals surface area contributed by atoms with Gasteiger partial charge in [0.2, 0.25) is 10.0 Å². The molecule has 3 rings (SSSR count). The number of methoxy groups -OCH3 is 3. The Morgan fingerprint density at radius 1 is 0.828 bits per heavy atom. The molecule has 0 unspecified atom stereocenters. The first-order valence-electron chi connectivity index (χ1n) is 9.47. The minimum absolute atomic E-state index is 0.345. The van der Waals surface area contributed by atoms with Crippen LogP contribution in [0.2, 0.25) is 0 Å². The van der Waals surface area contributed by atoms with Crippen LogP contribution in [-0.2, 0) is 16.6 Å². The van der Waals surface area contributed by atoms with Gasteiger partial charge in [-0.05, 0) is 25.1 Å². The predicted octanol–water partition coefficient (Wildman–Crippen LogP) is 2.53. The number of hydrogen-bond acceptors (Lipinski definition) is 6. The molecule has 2 aromatic rings. The molecule has 0 aromatic heterocycles. The van der Waals surface area contributed by atoms with Crippen LogP contribution in [0.15, 0.2) is 41.3 Å². The lowest BCUT2D eigenvalue weighted by atomic mass is 10.1. The largest absolute Gasteiger partial charge is 0.496 e. The molecule has 0 saturated carbocycles. The molecular weight excluding hydrogens is 392 g/mol. The van der Waals surface area contributed by atoms with Gasteiger partial charge in [0, 0.05) is 44.4 Å². The van der Waals surface area contributed by atoms with Crippen molar-refractivity contribution in [3.63, 3.8) is 0 Å². The highest BCUT2D eigenvalue weighted by atomic mass is 32.2. The molecule has 8 heteroatoms. The molecule has 1 aliphatic rings. The Bertz CT molecular complexity index is 936. The van der Waals surface area contributed by atoms with Crippen molar-refractivity contribution in [1.82, 2.24) is 9.21 Å². The minimum Gasteiger partial charge on any atom is -0.496 e. The van der Waals surface area contributed by atoms with Gasteiger partial charge in [-0.2, -0.15) is 4.31 Å². The van der Waals surface area contributed by atoms with Crippen molar-refractivity contribution in [3.8, 4) is 17.2 Å². The highest BCUT2D eigenvalue weighted by Gasteiger charge is 2.28. The molecule has 1 heterocycles. The van der Waals surface area contributed by atoms with E-state index in [1.165, 1.54) is 0 Å². The summed E-state index contributed by atoms with van der Waals surface area (Å²) in [6.45, 7) is 4.77. The predicted molar refractivity (Wildman–Crippen MR) is 111 cm³/mol. The Kier molecular flexibility index (Phi) is 6.66. The van der Waals surface area contributed by atoms with Crippen molar-refractivity contribution in [2.45, 2.75) is 18.4 Å². The lowest BCUT2D eigenvalue weighted by molar-refractivity contribution is 0.179. The van der Waals surface area contributed by atoms with Crippen LogP contribution < -0.4 is 14.2 Å². The number of nitrogens with zero attached hydrogens (tertiary/aromatic N) is 2. The SMILES string of the molecule is COc1cc(OC)c(OC)cc1CN1CCN(S(=O)(=O)c2ccc(C)cc2)CC1. The number of hydrogen-bond donors (Lipinski definition) is 0. The fourth-order valence-electron chi connectivity index (χ4n) is 3.44. The van der Waals surface area contributed by atoms with E-state index in [4.69, 9.17) is 14.2 Å². The molecule has 1 fully saturated rings. The average molecular weight is 421 g/mol. The molecule has 0 spiro atoms. The molecule has 0 amide bonds. The Morgan fingerprint density at radius 3 is 1.93 bits per heavy atom. The molecule has 2 aromatic carbocycles. The number of piperazine rings is 1. The minimum atomic E-state index is -3.46. The summed E-state index contributed by atoms with van der Waals surface area (Å²) < 4.78 is 43.5. The molecule has 0 atom stereocenters. The number of sulfonamides is 1. The van der Waals surface area contributed by atoms with Crippen molar-refractivity contribution in [2.24, 2.45) is 0 Å². The van der Waals surface area contributed by atoms with Gasteiger partial charge in [-0.3, -0.25) is 4.90 Å². The van der Waals surface area contributed by atoms with Gasteiger partial charge in [0.25, 0.3) is 0 Å². The van der Waals surface area contributed by atoms with E-state index in [1.54, 1.807) is 37.8 Å². The summed E-state index contributed by atoms with van der Waals surface area (Å²) in [6.07, 6.45) is 0. The monoisotopic (exact) mass is 420 g/mol. The van der Waals surface area contributed by atoms with E-state index in [9.17, 15) is 8.42 Å². The maximum absolute atomic E-state index is 12.9. The third-order valence-electron chi connectivity index (χ3n) is 5.17. The first-order valence-corrected chi connectivity index (χ1v) is 10.9. The second kappa shape index (κ2) is 9.02. The lowest BCUT2D eigenvalue weighted by Crippen LogP contribution is -2.48. The number of rotatable bonds is 7. The van der Waals surface area contributed by atoms with Crippen molar-refractivity contribution in [3.05, 3.63) is 47.5 Å². The van der Waals surface area contributed by atoms with Crippen molar-refractivity contribution in [1.29, 1.82) is 0 Å². The summed E-state index contributed by atoms with van der Waals surface area (Å²) in [6, 6.07) is 10.7. The van der Waals surface area contributed by atoms with Gasteiger partial charge < -0.3 is 14.2 Å². The molecule has 0 bridgehead atoms. The highest BCUT2D eigenvalue weighted by molar-refractivity contribution is 7.89. The fraction of sp³-hybridized carbons (Fsp3) is 0.429. The van der Waals surface area contributed by atoms with E-state index < -0.39 is 10.0 Å². The van der Waals surface area contributed by atoms with Crippen LogP contribution in [0.1, 0.15) is 11.1 Å². The average Bonchev–Trinajstić information content (AvgIpc) is 2.74. The molecule has 1 saturated heterocycles. The third kappa shape index (κ3) is 4.66. The Labute approximate surface area is 172 Å². The maximum Gasteiger partial charge on any atom is 0.243 e. The smallest absolute Gasteiger partial charge is 0.243 e. The van der Waals surface area contributed by atoms with Gasteiger partial charge in [-0.1, -0.05) is 17.7 Å².